The first-order valence-electron chi connectivity index (χ1n) is 7.25. The van der Waals surface area contributed by atoms with Crippen LogP contribution in [-0.4, -0.2) is 16.3 Å². The van der Waals surface area contributed by atoms with Crippen LogP contribution in [0.15, 0.2) is 24.4 Å². The van der Waals surface area contributed by atoms with Gasteiger partial charge in [0.05, 0.1) is 5.69 Å². The molecule has 1 atom stereocenters. The monoisotopic (exact) mass is 309 g/mol. The van der Waals surface area contributed by atoms with Crippen molar-refractivity contribution in [1.29, 1.82) is 0 Å². The van der Waals surface area contributed by atoms with E-state index in [-0.39, 0.29) is 11.9 Å². The van der Waals surface area contributed by atoms with Crippen molar-refractivity contribution in [1.82, 2.24) is 15.1 Å². The summed E-state index contributed by atoms with van der Waals surface area (Å²) >= 11 is 6.15. The maximum absolute atomic E-state index is 14.0. The van der Waals surface area contributed by atoms with Gasteiger partial charge in [0.2, 0.25) is 0 Å². The normalized spacial score (nSPS) is 12.6. The zero-order valence-corrected chi connectivity index (χ0v) is 13.4. The van der Waals surface area contributed by atoms with Gasteiger partial charge in [0.15, 0.2) is 0 Å². The number of aromatic nitrogens is 2. The molecule has 0 saturated carbocycles. The van der Waals surface area contributed by atoms with E-state index in [1.807, 2.05) is 24.9 Å². The Hall–Kier alpha value is -1.39. The van der Waals surface area contributed by atoms with Gasteiger partial charge in [-0.25, -0.2) is 4.39 Å². The van der Waals surface area contributed by atoms with Crippen LogP contribution in [0.1, 0.15) is 36.7 Å². The summed E-state index contributed by atoms with van der Waals surface area (Å²) < 4.78 is 15.8. The zero-order valence-electron chi connectivity index (χ0n) is 12.7. The Morgan fingerprint density at radius 1 is 1.38 bits per heavy atom. The van der Waals surface area contributed by atoms with Crippen molar-refractivity contribution in [2.75, 3.05) is 6.54 Å². The van der Waals surface area contributed by atoms with E-state index in [0.29, 0.717) is 17.0 Å². The number of rotatable bonds is 6. The molecule has 0 amide bonds. The van der Waals surface area contributed by atoms with Gasteiger partial charge in [-0.05, 0) is 31.5 Å². The molecule has 21 heavy (non-hydrogen) atoms. The molecular formula is C16H21ClFN3. The summed E-state index contributed by atoms with van der Waals surface area (Å²) in [7, 11) is 1.90. The minimum Gasteiger partial charge on any atom is -0.310 e. The molecule has 1 N–H and O–H groups in total. The summed E-state index contributed by atoms with van der Waals surface area (Å²) in [6, 6.07) is 4.82. The third kappa shape index (κ3) is 3.63. The Morgan fingerprint density at radius 2 is 2.14 bits per heavy atom. The number of benzene rings is 1. The molecule has 1 aromatic carbocycles. The molecule has 0 radical (unpaired) electrons. The number of hydrogen-bond acceptors (Lipinski definition) is 2. The van der Waals surface area contributed by atoms with Crippen LogP contribution < -0.4 is 5.32 Å². The molecule has 0 saturated heterocycles. The molecule has 114 valence electrons. The SMILES string of the molecule is CCNC(Cc1c(F)cccc1Cl)c1cn(C)nc1CC. The second-order valence-corrected chi connectivity index (χ2v) is 5.48. The molecule has 1 unspecified atom stereocenters. The van der Waals surface area contributed by atoms with E-state index in [1.54, 1.807) is 12.1 Å². The van der Waals surface area contributed by atoms with Crippen LogP contribution in [0.25, 0.3) is 0 Å². The Morgan fingerprint density at radius 3 is 2.76 bits per heavy atom. The van der Waals surface area contributed by atoms with Crippen LogP contribution in [-0.2, 0) is 19.9 Å². The topological polar surface area (TPSA) is 29.9 Å². The number of nitrogens with zero attached hydrogens (tertiary/aromatic N) is 2. The van der Waals surface area contributed by atoms with Crippen molar-refractivity contribution in [3.63, 3.8) is 0 Å². The lowest BCUT2D eigenvalue weighted by molar-refractivity contribution is 0.525. The Balaban J connectivity index is 2.35. The highest BCUT2D eigenvalue weighted by Crippen LogP contribution is 2.27. The van der Waals surface area contributed by atoms with Gasteiger partial charge in [-0.15, -0.1) is 0 Å². The molecule has 0 spiro atoms. The summed E-state index contributed by atoms with van der Waals surface area (Å²) in [6.45, 7) is 4.91. The van der Waals surface area contributed by atoms with Crippen LogP contribution in [0, 0.1) is 5.82 Å². The van der Waals surface area contributed by atoms with Gasteiger partial charge in [0, 0.05) is 35.4 Å². The van der Waals surface area contributed by atoms with Gasteiger partial charge >= 0.3 is 0 Å². The number of hydrogen-bond donors (Lipinski definition) is 1. The summed E-state index contributed by atoms with van der Waals surface area (Å²) in [4.78, 5) is 0. The Labute approximate surface area is 130 Å². The van der Waals surface area contributed by atoms with E-state index in [9.17, 15) is 4.39 Å². The average molecular weight is 310 g/mol. The van der Waals surface area contributed by atoms with Crippen molar-refractivity contribution < 1.29 is 4.39 Å². The predicted molar refractivity (Wildman–Crippen MR) is 84.1 cm³/mol. The molecule has 2 aromatic rings. The number of halogens is 2. The first-order chi connectivity index (χ1) is 10.1. The molecule has 1 heterocycles. The first kappa shape index (κ1) is 16.0. The van der Waals surface area contributed by atoms with Crippen molar-refractivity contribution >= 4 is 11.6 Å². The van der Waals surface area contributed by atoms with Crippen molar-refractivity contribution in [3.05, 3.63) is 52.1 Å². The lowest BCUT2D eigenvalue weighted by Crippen LogP contribution is -2.24. The second-order valence-electron chi connectivity index (χ2n) is 5.07. The van der Waals surface area contributed by atoms with Crippen molar-refractivity contribution in [2.24, 2.45) is 7.05 Å². The third-order valence-corrected chi connectivity index (χ3v) is 3.92. The van der Waals surface area contributed by atoms with E-state index < -0.39 is 0 Å². The van der Waals surface area contributed by atoms with E-state index >= 15 is 0 Å². The van der Waals surface area contributed by atoms with E-state index in [1.165, 1.54) is 6.07 Å². The van der Waals surface area contributed by atoms with Gasteiger partial charge in [-0.2, -0.15) is 5.10 Å². The fourth-order valence-electron chi connectivity index (χ4n) is 2.59. The standard InChI is InChI=1S/C16H21ClFN3/c1-4-15-12(10-21(3)20-15)16(19-5-2)9-11-13(17)7-6-8-14(11)18/h6-8,10,16,19H,4-5,9H2,1-3H3. The predicted octanol–water partition coefficient (Wildman–Crippen LogP) is 3.67. The fourth-order valence-corrected chi connectivity index (χ4v) is 2.83. The van der Waals surface area contributed by atoms with Gasteiger partial charge in [-0.1, -0.05) is 31.5 Å². The maximum Gasteiger partial charge on any atom is 0.127 e. The minimum atomic E-state index is -0.257. The van der Waals surface area contributed by atoms with Crippen LogP contribution in [0.4, 0.5) is 4.39 Å². The smallest absolute Gasteiger partial charge is 0.127 e. The van der Waals surface area contributed by atoms with Crippen LogP contribution in [0.3, 0.4) is 0 Å². The maximum atomic E-state index is 14.0. The Bertz CT molecular complexity index is 589. The van der Waals surface area contributed by atoms with Gasteiger partial charge in [-0.3, -0.25) is 4.68 Å². The second kappa shape index (κ2) is 7.05. The summed E-state index contributed by atoms with van der Waals surface area (Å²) in [6.07, 6.45) is 3.36. The van der Waals surface area contributed by atoms with Crippen molar-refractivity contribution in [3.8, 4) is 0 Å². The quantitative estimate of drug-likeness (QED) is 0.882. The van der Waals surface area contributed by atoms with E-state index in [2.05, 4.69) is 17.3 Å². The highest BCUT2D eigenvalue weighted by atomic mass is 35.5. The minimum absolute atomic E-state index is 0.00745. The molecule has 5 heteroatoms. The molecule has 0 fully saturated rings. The van der Waals surface area contributed by atoms with Crippen molar-refractivity contribution in [2.45, 2.75) is 32.7 Å². The summed E-state index contributed by atoms with van der Waals surface area (Å²) in [5.74, 6) is -0.257. The first-order valence-corrected chi connectivity index (χ1v) is 7.63. The fraction of sp³-hybridized carbons (Fsp3) is 0.438. The Kier molecular flexibility index (Phi) is 5.37. The lowest BCUT2D eigenvalue weighted by Gasteiger charge is -2.19. The molecule has 2 rings (SSSR count). The summed E-state index contributed by atoms with van der Waals surface area (Å²) in [5, 5.41) is 8.35. The van der Waals surface area contributed by atoms with Crippen LogP contribution in [0.2, 0.25) is 5.02 Å². The highest BCUT2D eigenvalue weighted by Gasteiger charge is 2.20. The molecule has 3 nitrogen and oxygen atoms in total. The van der Waals surface area contributed by atoms with Gasteiger partial charge < -0.3 is 5.32 Å². The van der Waals surface area contributed by atoms with Crippen LogP contribution >= 0.6 is 11.6 Å². The average Bonchev–Trinajstić information content (AvgIpc) is 2.83. The van der Waals surface area contributed by atoms with Gasteiger partial charge in [0.25, 0.3) is 0 Å². The van der Waals surface area contributed by atoms with E-state index in [4.69, 9.17) is 11.6 Å². The molecule has 0 aliphatic rings. The van der Waals surface area contributed by atoms with Crippen LogP contribution in [0.5, 0.6) is 0 Å². The summed E-state index contributed by atoms with van der Waals surface area (Å²) in [5.41, 5.74) is 2.70. The molecular weight excluding hydrogens is 289 g/mol. The molecule has 0 aliphatic heterocycles. The third-order valence-electron chi connectivity index (χ3n) is 3.57. The zero-order chi connectivity index (χ0) is 15.4. The lowest BCUT2D eigenvalue weighted by atomic mass is 9.98. The molecule has 0 bridgehead atoms. The number of likely N-dealkylation sites (N-methyl/N-ethyl adjacent to an activating group) is 1. The molecule has 1 aromatic heterocycles. The largest absolute Gasteiger partial charge is 0.310 e. The molecule has 0 aliphatic carbocycles. The number of aryl methyl sites for hydroxylation is 2. The van der Waals surface area contributed by atoms with Gasteiger partial charge in [0.1, 0.15) is 5.82 Å². The highest BCUT2D eigenvalue weighted by molar-refractivity contribution is 6.31. The van der Waals surface area contributed by atoms with E-state index in [0.717, 1.165) is 24.2 Å². The number of nitrogens with one attached hydrogen (secondary N) is 1.